The Morgan fingerprint density at radius 2 is 1.74 bits per heavy atom. The van der Waals surface area contributed by atoms with Crippen LogP contribution in [0.2, 0.25) is 0 Å². The van der Waals surface area contributed by atoms with Gasteiger partial charge in [0.15, 0.2) is 11.6 Å². The molecule has 0 aliphatic heterocycles. The van der Waals surface area contributed by atoms with Gasteiger partial charge in [0, 0.05) is 0 Å². The third-order valence-electron chi connectivity index (χ3n) is 4.04. The van der Waals surface area contributed by atoms with Gasteiger partial charge in [-0.05, 0) is 36.5 Å². The Hall–Kier alpha value is -0.960. The van der Waals surface area contributed by atoms with Crippen molar-refractivity contribution in [3.63, 3.8) is 0 Å². The maximum atomic E-state index is 13.1. The number of hydrogen-bond donors (Lipinski definition) is 1. The number of halogens is 2. The lowest BCUT2D eigenvalue weighted by molar-refractivity contribution is 0.137. The number of aliphatic hydroxyl groups is 1. The number of benzene rings is 1. The van der Waals surface area contributed by atoms with Crippen LogP contribution in [0.4, 0.5) is 8.78 Å². The van der Waals surface area contributed by atoms with Crippen LogP contribution in [0.5, 0.6) is 0 Å². The molecule has 19 heavy (non-hydrogen) atoms. The van der Waals surface area contributed by atoms with Gasteiger partial charge in [0.1, 0.15) is 0 Å². The van der Waals surface area contributed by atoms with E-state index in [0.717, 1.165) is 12.5 Å². The van der Waals surface area contributed by atoms with E-state index in [1.807, 2.05) is 0 Å². The Morgan fingerprint density at radius 3 is 2.37 bits per heavy atom. The largest absolute Gasteiger partial charge is 0.393 e. The Bertz CT molecular complexity index is 398. The van der Waals surface area contributed by atoms with E-state index in [2.05, 4.69) is 0 Å². The fraction of sp³-hybridized carbons (Fsp3) is 0.625. The second kappa shape index (κ2) is 6.99. The van der Waals surface area contributed by atoms with Crippen molar-refractivity contribution in [3.05, 3.63) is 35.4 Å². The summed E-state index contributed by atoms with van der Waals surface area (Å²) in [5.41, 5.74) is 0.667. The SMILES string of the molecule is OC(Cc1ccc(F)c(F)c1)CC1CCCCCC1. The zero-order chi connectivity index (χ0) is 13.7. The van der Waals surface area contributed by atoms with Crippen molar-refractivity contribution in [2.45, 2.75) is 57.5 Å². The van der Waals surface area contributed by atoms with Gasteiger partial charge >= 0.3 is 0 Å². The molecule has 2 rings (SSSR count). The van der Waals surface area contributed by atoms with Crippen LogP contribution in [0.15, 0.2) is 18.2 Å². The molecule has 0 bridgehead atoms. The van der Waals surface area contributed by atoms with E-state index in [9.17, 15) is 13.9 Å². The highest BCUT2D eigenvalue weighted by atomic mass is 19.2. The second-order valence-electron chi connectivity index (χ2n) is 5.70. The average Bonchev–Trinajstić information content (AvgIpc) is 2.62. The minimum Gasteiger partial charge on any atom is -0.393 e. The van der Waals surface area contributed by atoms with Crippen molar-refractivity contribution in [1.82, 2.24) is 0 Å². The molecule has 0 saturated heterocycles. The van der Waals surface area contributed by atoms with Gasteiger partial charge in [-0.25, -0.2) is 8.78 Å². The van der Waals surface area contributed by atoms with Crippen molar-refractivity contribution >= 4 is 0 Å². The molecule has 106 valence electrons. The van der Waals surface area contributed by atoms with Gasteiger partial charge in [-0.1, -0.05) is 44.6 Å². The molecule has 0 radical (unpaired) electrons. The van der Waals surface area contributed by atoms with Gasteiger partial charge < -0.3 is 5.11 Å². The van der Waals surface area contributed by atoms with Gasteiger partial charge in [-0.15, -0.1) is 0 Å². The Kier molecular flexibility index (Phi) is 5.32. The fourth-order valence-electron chi connectivity index (χ4n) is 3.01. The normalized spacial score (nSPS) is 19.1. The van der Waals surface area contributed by atoms with E-state index in [4.69, 9.17) is 0 Å². The summed E-state index contributed by atoms with van der Waals surface area (Å²) in [6.45, 7) is 0. The van der Waals surface area contributed by atoms with Crippen LogP contribution < -0.4 is 0 Å². The highest BCUT2D eigenvalue weighted by Gasteiger charge is 2.17. The van der Waals surface area contributed by atoms with Crippen LogP contribution in [-0.2, 0) is 6.42 Å². The highest BCUT2D eigenvalue weighted by Crippen LogP contribution is 2.27. The molecule has 1 aliphatic rings. The topological polar surface area (TPSA) is 20.2 Å². The minimum atomic E-state index is -0.834. The molecule has 1 fully saturated rings. The summed E-state index contributed by atoms with van der Waals surface area (Å²) in [7, 11) is 0. The summed E-state index contributed by atoms with van der Waals surface area (Å²) < 4.78 is 25.9. The molecule has 1 aromatic carbocycles. The summed E-state index contributed by atoms with van der Waals surface area (Å²) >= 11 is 0. The molecule has 1 aromatic rings. The van der Waals surface area contributed by atoms with Crippen molar-refractivity contribution < 1.29 is 13.9 Å². The standard InChI is InChI=1S/C16H22F2O/c17-15-8-7-13(11-16(15)18)10-14(19)9-12-5-3-1-2-4-6-12/h7-8,11-12,14,19H,1-6,9-10H2. The molecule has 1 unspecified atom stereocenters. The van der Waals surface area contributed by atoms with Gasteiger partial charge in [0.25, 0.3) is 0 Å². The quantitative estimate of drug-likeness (QED) is 0.810. The van der Waals surface area contributed by atoms with Crippen LogP contribution in [0, 0.1) is 17.6 Å². The Balaban J connectivity index is 1.85. The van der Waals surface area contributed by atoms with Gasteiger partial charge in [0.05, 0.1) is 6.10 Å². The van der Waals surface area contributed by atoms with Crippen molar-refractivity contribution in [3.8, 4) is 0 Å². The van der Waals surface area contributed by atoms with Crippen molar-refractivity contribution in [2.24, 2.45) is 5.92 Å². The lowest BCUT2D eigenvalue weighted by Gasteiger charge is -2.18. The van der Waals surface area contributed by atoms with Gasteiger partial charge in [-0.3, -0.25) is 0 Å². The molecule has 0 heterocycles. The first-order valence-corrected chi connectivity index (χ1v) is 7.27. The molecule has 1 saturated carbocycles. The summed E-state index contributed by atoms with van der Waals surface area (Å²) in [5, 5.41) is 10.1. The number of hydrogen-bond acceptors (Lipinski definition) is 1. The first kappa shape index (κ1) is 14.4. The van der Waals surface area contributed by atoms with Crippen LogP contribution in [0.1, 0.15) is 50.5 Å². The molecule has 0 spiro atoms. The maximum absolute atomic E-state index is 13.1. The third-order valence-corrected chi connectivity index (χ3v) is 4.04. The summed E-state index contributed by atoms with van der Waals surface area (Å²) in [6.07, 6.45) is 8.22. The Morgan fingerprint density at radius 1 is 1.05 bits per heavy atom. The van der Waals surface area contributed by atoms with Crippen molar-refractivity contribution in [1.29, 1.82) is 0 Å². The molecule has 0 aromatic heterocycles. The molecule has 1 nitrogen and oxygen atoms in total. The Labute approximate surface area is 113 Å². The van der Waals surface area contributed by atoms with Gasteiger partial charge in [0.2, 0.25) is 0 Å². The molecular formula is C16H22F2O. The van der Waals surface area contributed by atoms with Crippen LogP contribution in [0.25, 0.3) is 0 Å². The van der Waals surface area contributed by atoms with E-state index in [-0.39, 0.29) is 0 Å². The first-order valence-electron chi connectivity index (χ1n) is 7.27. The molecule has 1 N–H and O–H groups in total. The lowest BCUT2D eigenvalue weighted by atomic mass is 9.91. The maximum Gasteiger partial charge on any atom is 0.159 e. The first-order chi connectivity index (χ1) is 9.15. The summed E-state index contributed by atoms with van der Waals surface area (Å²) in [4.78, 5) is 0. The summed E-state index contributed by atoms with van der Waals surface area (Å²) in [5.74, 6) is -1.08. The molecule has 1 aliphatic carbocycles. The van der Waals surface area contributed by atoms with Gasteiger partial charge in [-0.2, -0.15) is 0 Å². The second-order valence-corrected chi connectivity index (χ2v) is 5.70. The van der Waals surface area contributed by atoms with E-state index in [1.165, 1.54) is 44.6 Å². The fourth-order valence-corrected chi connectivity index (χ4v) is 3.01. The monoisotopic (exact) mass is 268 g/mol. The predicted molar refractivity (Wildman–Crippen MR) is 71.9 cm³/mol. The number of aliphatic hydroxyl groups excluding tert-OH is 1. The summed E-state index contributed by atoms with van der Waals surface area (Å²) in [6, 6.07) is 3.86. The zero-order valence-electron chi connectivity index (χ0n) is 11.2. The molecule has 3 heteroatoms. The smallest absolute Gasteiger partial charge is 0.159 e. The highest BCUT2D eigenvalue weighted by molar-refractivity contribution is 5.18. The van der Waals surface area contributed by atoms with Crippen LogP contribution >= 0.6 is 0 Å². The number of rotatable bonds is 4. The zero-order valence-corrected chi connectivity index (χ0v) is 11.2. The average molecular weight is 268 g/mol. The van der Waals surface area contributed by atoms with E-state index >= 15 is 0 Å². The molecule has 1 atom stereocenters. The van der Waals surface area contributed by atoms with E-state index in [1.54, 1.807) is 6.07 Å². The van der Waals surface area contributed by atoms with Crippen molar-refractivity contribution in [2.75, 3.05) is 0 Å². The van der Waals surface area contributed by atoms with Crippen LogP contribution in [-0.4, -0.2) is 11.2 Å². The van der Waals surface area contributed by atoms with E-state index in [0.29, 0.717) is 17.9 Å². The third kappa shape index (κ3) is 4.57. The van der Waals surface area contributed by atoms with Crippen LogP contribution in [0.3, 0.4) is 0 Å². The van der Waals surface area contributed by atoms with E-state index < -0.39 is 17.7 Å². The predicted octanol–water partition coefficient (Wildman–Crippen LogP) is 4.23. The molecular weight excluding hydrogens is 246 g/mol. The minimum absolute atomic E-state index is 0.410. The molecule has 0 amide bonds. The lowest BCUT2D eigenvalue weighted by Crippen LogP contribution is -2.16.